The van der Waals surface area contributed by atoms with Gasteiger partial charge in [0.15, 0.2) is 0 Å². The largest absolute Gasteiger partial charge is 0.379 e. The molecule has 0 unspecified atom stereocenters. The molecule has 122 valence electrons. The first kappa shape index (κ1) is 15.3. The average Bonchev–Trinajstić information content (AvgIpc) is 3.09. The van der Waals surface area contributed by atoms with E-state index in [2.05, 4.69) is 15.5 Å². The van der Waals surface area contributed by atoms with Crippen LogP contribution in [-0.4, -0.2) is 46.9 Å². The maximum absolute atomic E-state index is 12.8. The van der Waals surface area contributed by atoms with E-state index in [1.807, 2.05) is 17.3 Å². The Bertz CT molecular complexity index is 477. The van der Waals surface area contributed by atoms with Gasteiger partial charge in [0.25, 0.3) is 0 Å². The summed E-state index contributed by atoms with van der Waals surface area (Å²) in [6.07, 6.45) is 11.5. The average molecular weight is 306 g/mol. The van der Waals surface area contributed by atoms with Crippen molar-refractivity contribution in [3.63, 3.8) is 0 Å². The van der Waals surface area contributed by atoms with E-state index in [-0.39, 0.29) is 24.2 Å². The van der Waals surface area contributed by atoms with Gasteiger partial charge in [-0.05, 0) is 32.1 Å². The number of amides is 2. The van der Waals surface area contributed by atoms with E-state index in [9.17, 15) is 4.79 Å². The van der Waals surface area contributed by atoms with Crippen molar-refractivity contribution in [2.75, 3.05) is 13.7 Å². The third kappa shape index (κ3) is 3.27. The standard InChI is InChI=1S/C16H26N4O2/c1-22-15-8-3-2-6-13(15)19-16(21)20-9-5-4-7-14(20)12-10-17-18-11-12/h10-11,13-15H,2-9H2,1H3,(H,17,18)(H,19,21)/t13-,14-,15-/m1/s1. The quantitative estimate of drug-likeness (QED) is 0.902. The van der Waals surface area contributed by atoms with E-state index in [1.54, 1.807) is 7.11 Å². The molecule has 1 saturated carbocycles. The van der Waals surface area contributed by atoms with Gasteiger partial charge >= 0.3 is 6.03 Å². The van der Waals surface area contributed by atoms with Gasteiger partial charge in [-0.25, -0.2) is 4.79 Å². The molecule has 1 saturated heterocycles. The lowest BCUT2D eigenvalue weighted by atomic mass is 9.92. The highest BCUT2D eigenvalue weighted by Crippen LogP contribution is 2.30. The Balaban J connectivity index is 1.66. The number of ether oxygens (including phenoxy) is 1. The summed E-state index contributed by atoms with van der Waals surface area (Å²) in [7, 11) is 1.74. The van der Waals surface area contributed by atoms with Crippen molar-refractivity contribution in [2.45, 2.75) is 63.1 Å². The monoisotopic (exact) mass is 306 g/mol. The Labute approximate surface area is 131 Å². The van der Waals surface area contributed by atoms with Gasteiger partial charge in [0.2, 0.25) is 0 Å². The van der Waals surface area contributed by atoms with E-state index in [4.69, 9.17) is 4.74 Å². The number of carbonyl (C=O) groups is 1. The van der Waals surface area contributed by atoms with Gasteiger partial charge in [-0.15, -0.1) is 0 Å². The molecule has 6 nitrogen and oxygen atoms in total. The van der Waals surface area contributed by atoms with Gasteiger partial charge in [0.05, 0.1) is 24.4 Å². The summed E-state index contributed by atoms with van der Waals surface area (Å²) in [6, 6.07) is 0.315. The molecule has 2 N–H and O–H groups in total. The third-order valence-corrected chi connectivity index (χ3v) is 4.98. The molecule has 1 aliphatic carbocycles. The zero-order valence-corrected chi connectivity index (χ0v) is 13.3. The van der Waals surface area contributed by atoms with Crippen molar-refractivity contribution >= 4 is 6.03 Å². The van der Waals surface area contributed by atoms with Crippen molar-refractivity contribution in [1.82, 2.24) is 20.4 Å². The van der Waals surface area contributed by atoms with Crippen molar-refractivity contribution in [2.24, 2.45) is 0 Å². The molecule has 1 aliphatic heterocycles. The number of H-pyrrole nitrogens is 1. The number of hydrogen-bond donors (Lipinski definition) is 2. The Hall–Kier alpha value is -1.56. The van der Waals surface area contributed by atoms with Crippen LogP contribution in [0.4, 0.5) is 4.79 Å². The summed E-state index contributed by atoms with van der Waals surface area (Å²) < 4.78 is 5.54. The first-order valence-electron chi connectivity index (χ1n) is 8.38. The van der Waals surface area contributed by atoms with Crippen molar-refractivity contribution in [3.8, 4) is 0 Å². The van der Waals surface area contributed by atoms with Gasteiger partial charge in [0.1, 0.15) is 0 Å². The minimum atomic E-state index is 0.0415. The fourth-order valence-electron chi connectivity index (χ4n) is 3.75. The fourth-order valence-corrected chi connectivity index (χ4v) is 3.75. The molecule has 2 heterocycles. The summed E-state index contributed by atoms with van der Waals surface area (Å²) >= 11 is 0. The summed E-state index contributed by atoms with van der Waals surface area (Å²) in [5.41, 5.74) is 1.10. The molecule has 1 aromatic rings. The van der Waals surface area contributed by atoms with E-state index < -0.39 is 0 Å². The van der Waals surface area contributed by atoms with Gasteiger partial charge < -0.3 is 15.0 Å². The van der Waals surface area contributed by atoms with Crippen molar-refractivity contribution in [3.05, 3.63) is 18.0 Å². The number of aromatic nitrogens is 2. The predicted molar refractivity (Wildman–Crippen MR) is 83.5 cm³/mol. The number of nitrogens with zero attached hydrogens (tertiary/aromatic N) is 2. The Kier molecular flexibility index (Phi) is 4.97. The van der Waals surface area contributed by atoms with Crippen LogP contribution in [0.15, 0.2) is 12.4 Å². The second-order valence-corrected chi connectivity index (χ2v) is 6.35. The minimum Gasteiger partial charge on any atom is -0.379 e. The van der Waals surface area contributed by atoms with Gasteiger partial charge in [0, 0.05) is 25.4 Å². The normalized spacial score (nSPS) is 29.3. The lowest BCUT2D eigenvalue weighted by molar-refractivity contribution is 0.0412. The van der Waals surface area contributed by atoms with E-state index in [0.29, 0.717) is 0 Å². The van der Waals surface area contributed by atoms with Crippen LogP contribution in [0.1, 0.15) is 56.6 Å². The number of carbonyl (C=O) groups excluding carboxylic acids is 1. The molecule has 3 rings (SSSR count). The van der Waals surface area contributed by atoms with Gasteiger partial charge in [-0.2, -0.15) is 5.10 Å². The summed E-state index contributed by atoms with van der Waals surface area (Å²) in [4.78, 5) is 14.7. The topological polar surface area (TPSA) is 70.2 Å². The highest BCUT2D eigenvalue weighted by Gasteiger charge is 2.32. The molecular formula is C16H26N4O2. The highest BCUT2D eigenvalue weighted by atomic mass is 16.5. The molecule has 0 radical (unpaired) electrons. The maximum atomic E-state index is 12.8. The van der Waals surface area contributed by atoms with Crippen LogP contribution in [0.5, 0.6) is 0 Å². The molecule has 6 heteroatoms. The van der Waals surface area contributed by atoms with Crippen LogP contribution < -0.4 is 5.32 Å². The van der Waals surface area contributed by atoms with Gasteiger partial charge in [-0.3, -0.25) is 5.10 Å². The summed E-state index contributed by atoms with van der Waals surface area (Å²) in [5.74, 6) is 0. The zero-order chi connectivity index (χ0) is 15.4. The Morgan fingerprint density at radius 2 is 2.14 bits per heavy atom. The molecule has 1 aromatic heterocycles. The molecule has 22 heavy (non-hydrogen) atoms. The fraction of sp³-hybridized carbons (Fsp3) is 0.750. The van der Waals surface area contributed by atoms with Crippen LogP contribution in [0.25, 0.3) is 0 Å². The lowest BCUT2D eigenvalue weighted by Crippen LogP contribution is -2.52. The molecule has 2 amide bonds. The molecule has 0 aromatic carbocycles. The lowest BCUT2D eigenvalue weighted by Gasteiger charge is -2.38. The second kappa shape index (κ2) is 7.13. The second-order valence-electron chi connectivity index (χ2n) is 6.35. The third-order valence-electron chi connectivity index (χ3n) is 4.98. The number of aromatic amines is 1. The smallest absolute Gasteiger partial charge is 0.318 e. The van der Waals surface area contributed by atoms with Crippen LogP contribution in [0, 0.1) is 0 Å². The Morgan fingerprint density at radius 1 is 1.32 bits per heavy atom. The number of hydrogen-bond acceptors (Lipinski definition) is 3. The number of rotatable bonds is 3. The van der Waals surface area contributed by atoms with Crippen LogP contribution in [0.3, 0.4) is 0 Å². The van der Waals surface area contributed by atoms with Crippen LogP contribution in [-0.2, 0) is 4.74 Å². The van der Waals surface area contributed by atoms with Crippen molar-refractivity contribution in [1.29, 1.82) is 0 Å². The number of likely N-dealkylation sites (tertiary alicyclic amines) is 1. The van der Waals surface area contributed by atoms with E-state index in [0.717, 1.165) is 50.6 Å². The van der Waals surface area contributed by atoms with Crippen LogP contribution >= 0.6 is 0 Å². The SMILES string of the molecule is CO[C@@H]1CCCC[C@H]1NC(=O)N1CCCC[C@@H]1c1cn[nH]c1. The molecule has 2 fully saturated rings. The van der Waals surface area contributed by atoms with Crippen molar-refractivity contribution < 1.29 is 9.53 Å². The predicted octanol–water partition coefficient (Wildman–Crippen LogP) is 2.60. The molecule has 0 spiro atoms. The number of urea groups is 1. The minimum absolute atomic E-state index is 0.0415. The zero-order valence-electron chi connectivity index (χ0n) is 13.3. The number of nitrogens with one attached hydrogen (secondary N) is 2. The molecule has 0 bridgehead atoms. The first-order chi connectivity index (χ1) is 10.8. The highest BCUT2D eigenvalue weighted by molar-refractivity contribution is 5.75. The molecule has 3 atom stereocenters. The summed E-state index contributed by atoms with van der Waals surface area (Å²) in [6.45, 7) is 0.812. The molecular weight excluding hydrogens is 280 g/mol. The van der Waals surface area contributed by atoms with E-state index >= 15 is 0 Å². The molecule has 2 aliphatic rings. The first-order valence-corrected chi connectivity index (χ1v) is 8.38. The van der Waals surface area contributed by atoms with Crippen LogP contribution in [0.2, 0.25) is 0 Å². The number of methoxy groups -OCH3 is 1. The van der Waals surface area contributed by atoms with E-state index in [1.165, 1.54) is 6.42 Å². The maximum Gasteiger partial charge on any atom is 0.318 e. The summed E-state index contributed by atoms with van der Waals surface area (Å²) in [5, 5.41) is 10.1. The Morgan fingerprint density at radius 3 is 2.91 bits per heavy atom. The number of piperidine rings is 1. The van der Waals surface area contributed by atoms with Gasteiger partial charge in [-0.1, -0.05) is 12.8 Å².